The van der Waals surface area contributed by atoms with Gasteiger partial charge in [-0.3, -0.25) is 9.59 Å². The van der Waals surface area contributed by atoms with E-state index in [1.807, 2.05) is 13.0 Å². The van der Waals surface area contributed by atoms with Gasteiger partial charge >= 0.3 is 5.97 Å². The molecule has 0 aromatic heterocycles. The Kier molecular flexibility index (Phi) is 5.19. The molecule has 96 valence electrons. The topological polar surface area (TPSA) is 57.6 Å². The Morgan fingerprint density at radius 3 is 2.65 bits per heavy atom. The zero-order chi connectivity index (χ0) is 12.8. The molecule has 2 atom stereocenters. The van der Waals surface area contributed by atoms with Crippen molar-refractivity contribution >= 4 is 11.9 Å². The van der Waals surface area contributed by atoms with Gasteiger partial charge in [0.05, 0.1) is 6.42 Å². The number of carboxylic acids is 1. The number of hydrogen-bond acceptors (Lipinski definition) is 2. The average molecular weight is 239 g/mol. The van der Waals surface area contributed by atoms with Crippen molar-refractivity contribution in [3.05, 3.63) is 12.2 Å². The summed E-state index contributed by atoms with van der Waals surface area (Å²) in [7, 11) is 0. The van der Waals surface area contributed by atoms with Crippen molar-refractivity contribution in [2.45, 2.75) is 45.6 Å². The van der Waals surface area contributed by atoms with Crippen LogP contribution in [0.3, 0.4) is 0 Å². The molecule has 0 heterocycles. The highest BCUT2D eigenvalue weighted by molar-refractivity contribution is 5.80. The molecular weight excluding hydrogens is 218 g/mol. The van der Waals surface area contributed by atoms with Gasteiger partial charge in [-0.05, 0) is 33.1 Å². The SMILES string of the molecule is CCN(C(=O)C1CC=CCC1)C(C)CC(=O)O. The predicted molar refractivity (Wildman–Crippen MR) is 65.6 cm³/mol. The molecule has 0 bridgehead atoms. The van der Waals surface area contributed by atoms with Crippen molar-refractivity contribution in [1.29, 1.82) is 0 Å². The lowest BCUT2D eigenvalue weighted by Crippen LogP contribution is -2.43. The first-order valence-electron chi connectivity index (χ1n) is 6.23. The van der Waals surface area contributed by atoms with Crippen LogP contribution < -0.4 is 0 Å². The molecule has 1 amide bonds. The summed E-state index contributed by atoms with van der Waals surface area (Å²) in [4.78, 5) is 24.6. The van der Waals surface area contributed by atoms with Crippen molar-refractivity contribution in [2.75, 3.05) is 6.54 Å². The molecule has 0 aromatic rings. The molecule has 0 radical (unpaired) electrons. The summed E-state index contributed by atoms with van der Waals surface area (Å²) in [6, 6.07) is -0.226. The Morgan fingerprint density at radius 2 is 2.18 bits per heavy atom. The quantitative estimate of drug-likeness (QED) is 0.747. The lowest BCUT2D eigenvalue weighted by molar-refractivity contribution is -0.142. The van der Waals surface area contributed by atoms with Gasteiger partial charge in [-0.1, -0.05) is 12.2 Å². The second-order valence-electron chi connectivity index (χ2n) is 4.55. The summed E-state index contributed by atoms with van der Waals surface area (Å²) in [6.45, 7) is 4.27. The molecule has 1 aliphatic carbocycles. The first-order valence-corrected chi connectivity index (χ1v) is 6.23. The van der Waals surface area contributed by atoms with Crippen molar-refractivity contribution < 1.29 is 14.7 Å². The minimum atomic E-state index is -0.854. The number of amides is 1. The smallest absolute Gasteiger partial charge is 0.305 e. The highest BCUT2D eigenvalue weighted by Crippen LogP contribution is 2.22. The van der Waals surface area contributed by atoms with Gasteiger partial charge in [-0.2, -0.15) is 0 Å². The van der Waals surface area contributed by atoms with Gasteiger partial charge in [0.2, 0.25) is 5.91 Å². The molecule has 1 rings (SSSR count). The number of hydrogen-bond donors (Lipinski definition) is 1. The number of carboxylic acid groups (broad SMARTS) is 1. The largest absolute Gasteiger partial charge is 0.481 e. The number of allylic oxidation sites excluding steroid dienone is 2. The normalized spacial score (nSPS) is 20.9. The van der Waals surface area contributed by atoms with E-state index in [0.717, 1.165) is 19.3 Å². The van der Waals surface area contributed by atoms with E-state index < -0.39 is 5.97 Å². The molecule has 0 aliphatic heterocycles. The number of carbonyl (C=O) groups excluding carboxylic acids is 1. The van der Waals surface area contributed by atoms with Crippen molar-refractivity contribution in [3.8, 4) is 0 Å². The Hall–Kier alpha value is -1.32. The summed E-state index contributed by atoms with van der Waals surface area (Å²) in [5.41, 5.74) is 0. The Bertz CT molecular complexity index is 312. The minimum absolute atomic E-state index is 0.0160. The van der Waals surface area contributed by atoms with E-state index in [1.54, 1.807) is 11.8 Å². The van der Waals surface area contributed by atoms with E-state index in [2.05, 4.69) is 6.08 Å². The molecule has 17 heavy (non-hydrogen) atoms. The molecule has 0 saturated carbocycles. The van der Waals surface area contributed by atoms with Crippen LogP contribution >= 0.6 is 0 Å². The summed E-state index contributed by atoms with van der Waals surface area (Å²) in [5, 5.41) is 8.77. The summed E-state index contributed by atoms with van der Waals surface area (Å²) >= 11 is 0. The van der Waals surface area contributed by atoms with Crippen LogP contribution in [-0.2, 0) is 9.59 Å². The summed E-state index contributed by atoms with van der Waals surface area (Å²) in [5.74, 6) is -0.714. The molecular formula is C13H21NO3. The molecule has 1 aliphatic rings. The average Bonchev–Trinajstić information content (AvgIpc) is 2.30. The van der Waals surface area contributed by atoms with Crippen LogP contribution in [0.4, 0.5) is 0 Å². The van der Waals surface area contributed by atoms with Crippen LogP contribution in [-0.4, -0.2) is 34.5 Å². The van der Waals surface area contributed by atoms with Crippen LogP contribution in [0.5, 0.6) is 0 Å². The van der Waals surface area contributed by atoms with E-state index in [1.165, 1.54) is 0 Å². The summed E-state index contributed by atoms with van der Waals surface area (Å²) in [6.07, 6.45) is 6.77. The van der Waals surface area contributed by atoms with E-state index in [4.69, 9.17) is 5.11 Å². The second-order valence-corrected chi connectivity index (χ2v) is 4.55. The Balaban J connectivity index is 2.62. The van der Waals surface area contributed by atoms with Gasteiger partial charge in [-0.15, -0.1) is 0 Å². The first-order chi connectivity index (χ1) is 8.06. The van der Waals surface area contributed by atoms with Gasteiger partial charge in [0.1, 0.15) is 0 Å². The fourth-order valence-electron chi connectivity index (χ4n) is 2.30. The molecule has 0 aromatic carbocycles. The summed E-state index contributed by atoms with van der Waals surface area (Å²) < 4.78 is 0. The standard InChI is InChI=1S/C13H21NO3/c1-3-14(10(2)9-12(15)16)13(17)11-7-5-4-6-8-11/h4-5,10-11H,3,6-9H2,1-2H3,(H,15,16). The maximum atomic E-state index is 12.3. The van der Waals surface area contributed by atoms with Gasteiger partial charge in [0, 0.05) is 18.5 Å². The third-order valence-electron chi connectivity index (χ3n) is 3.24. The fourth-order valence-corrected chi connectivity index (χ4v) is 2.30. The van der Waals surface area contributed by atoms with Gasteiger partial charge in [0.15, 0.2) is 0 Å². The number of rotatable bonds is 5. The lowest BCUT2D eigenvalue weighted by Gasteiger charge is -2.31. The second kappa shape index (κ2) is 6.42. The Labute approximate surface area is 102 Å². The van der Waals surface area contributed by atoms with Crippen LogP contribution in [0.25, 0.3) is 0 Å². The van der Waals surface area contributed by atoms with Crippen LogP contribution in [0.1, 0.15) is 39.5 Å². The number of aliphatic carboxylic acids is 1. The highest BCUT2D eigenvalue weighted by Gasteiger charge is 2.27. The van der Waals surface area contributed by atoms with Crippen LogP contribution in [0.2, 0.25) is 0 Å². The van der Waals surface area contributed by atoms with Crippen molar-refractivity contribution in [3.63, 3.8) is 0 Å². The monoisotopic (exact) mass is 239 g/mol. The van der Waals surface area contributed by atoms with Gasteiger partial charge < -0.3 is 10.0 Å². The number of nitrogens with zero attached hydrogens (tertiary/aromatic N) is 1. The van der Waals surface area contributed by atoms with E-state index in [-0.39, 0.29) is 24.3 Å². The highest BCUT2D eigenvalue weighted by atomic mass is 16.4. The van der Waals surface area contributed by atoms with Crippen LogP contribution in [0.15, 0.2) is 12.2 Å². The molecule has 4 nitrogen and oxygen atoms in total. The van der Waals surface area contributed by atoms with E-state index in [0.29, 0.717) is 6.54 Å². The Morgan fingerprint density at radius 1 is 1.47 bits per heavy atom. The molecule has 0 spiro atoms. The van der Waals surface area contributed by atoms with Gasteiger partial charge in [-0.25, -0.2) is 0 Å². The van der Waals surface area contributed by atoms with Gasteiger partial charge in [0.25, 0.3) is 0 Å². The zero-order valence-electron chi connectivity index (χ0n) is 10.6. The van der Waals surface area contributed by atoms with E-state index >= 15 is 0 Å². The van der Waals surface area contributed by atoms with Crippen LogP contribution in [0, 0.1) is 5.92 Å². The molecule has 0 fully saturated rings. The fraction of sp³-hybridized carbons (Fsp3) is 0.692. The lowest BCUT2D eigenvalue weighted by atomic mass is 9.92. The minimum Gasteiger partial charge on any atom is -0.481 e. The first kappa shape index (κ1) is 13.7. The molecule has 1 N–H and O–H groups in total. The maximum Gasteiger partial charge on any atom is 0.305 e. The maximum absolute atomic E-state index is 12.3. The zero-order valence-corrected chi connectivity index (χ0v) is 10.6. The third kappa shape index (κ3) is 3.88. The predicted octanol–water partition coefficient (Wildman–Crippen LogP) is 2.05. The molecule has 0 saturated heterocycles. The number of carbonyl (C=O) groups is 2. The van der Waals surface area contributed by atoms with Crippen molar-refractivity contribution in [1.82, 2.24) is 4.90 Å². The van der Waals surface area contributed by atoms with Crippen molar-refractivity contribution in [2.24, 2.45) is 5.92 Å². The third-order valence-corrected chi connectivity index (χ3v) is 3.24. The molecule has 2 unspecified atom stereocenters. The van der Waals surface area contributed by atoms with E-state index in [9.17, 15) is 9.59 Å². The molecule has 4 heteroatoms.